The number of nitrogens with one attached hydrogen (secondary N) is 1. The summed E-state index contributed by atoms with van der Waals surface area (Å²) >= 11 is 5.73. The van der Waals surface area contributed by atoms with Gasteiger partial charge in [0.15, 0.2) is 5.95 Å². The molecule has 0 fully saturated rings. The summed E-state index contributed by atoms with van der Waals surface area (Å²) in [4.78, 5) is 7.24. The van der Waals surface area contributed by atoms with E-state index >= 15 is 0 Å². The molecule has 0 aliphatic rings. The molecular weight excluding hydrogens is 345 g/mol. The quantitative estimate of drug-likeness (QED) is 0.613. The van der Waals surface area contributed by atoms with Gasteiger partial charge in [-0.25, -0.2) is 4.98 Å². The van der Waals surface area contributed by atoms with Crippen molar-refractivity contribution in [1.82, 2.24) is 9.97 Å². The molecule has 3 N–H and O–H groups in total. The van der Waals surface area contributed by atoms with Gasteiger partial charge in [0.05, 0.1) is 11.0 Å². The van der Waals surface area contributed by atoms with Crippen LogP contribution in [0.3, 0.4) is 0 Å². The van der Waals surface area contributed by atoms with E-state index in [0.29, 0.717) is 5.95 Å². The van der Waals surface area contributed by atoms with Gasteiger partial charge in [-0.2, -0.15) is 0 Å². The van der Waals surface area contributed by atoms with E-state index in [0.717, 1.165) is 16.4 Å². The van der Waals surface area contributed by atoms with E-state index < -0.39 is 0 Å². The minimum atomic E-state index is 0.471. The number of H-pyrrole nitrogens is 1. The lowest BCUT2D eigenvalue weighted by molar-refractivity contribution is 1.34. The molecule has 13 heavy (non-hydrogen) atoms. The molecule has 1 aromatic heterocycles. The topological polar surface area (TPSA) is 54.7 Å². The Morgan fingerprint density at radius 3 is 3.00 bits per heavy atom. The molecule has 0 aliphatic carbocycles. The van der Waals surface area contributed by atoms with Crippen LogP contribution in [-0.4, -0.2) is 9.97 Å². The van der Waals surface area contributed by atoms with Crippen LogP contribution < -0.4 is 5.73 Å². The molecule has 1 heterocycles. The number of halogens is 2. The number of benzene rings is 1. The van der Waals surface area contributed by atoms with Crippen LogP contribution in [0.1, 0.15) is 5.56 Å². The van der Waals surface area contributed by atoms with E-state index in [1.54, 1.807) is 0 Å². The lowest BCUT2D eigenvalue weighted by atomic mass is 10.2. The number of rotatable bonds is 1. The van der Waals surface area contributed by atoms with Gasteiger partial charge in [-0.3, -0.25) is 0 Å². The minimum Gasteiger partial charge on any atom is -0.369 e. The van der Waals surface area contributed by atoms with Gasteiger partial charge in [0.2, 0.25) is 0 Å². The van der Waals surface area contributed by atoms with Crippen molar-refractivity contribution < 1.29 is 0 Å². The van der Waals surface area contributed by atoms with E-state index in [1.165, 1.54) is 9.13 Å². The van der Waals surface area contributed by atoms with E-state index in [1.807, 2.05) is 6.07 Å². The summed E-state index contributed by atoms with van der Waals surface area (Å²) in [6.45, 7) is 0. The minimum absolute atomic E-state index is 0.471. The average molecular weight is 352 g/mol. The fourth-order valence-electron chi connectivity index (χ4n) is 1.25. The second-order valence-electron chi connectivity index (χ2n) is 2.68. The zero-order valence-corrected chi connectivity index (χ0v) is 10.4. The molecule has 1 aromatic carbocycles. The number of nitrogens with two attached hydrogens (primary N) is 1. The zero-order valence-electron chi connectivity index (χ0n) is 6.64. The first-order valence-electron chi connectivity index (χ1n) is 3.71. The highest BCUT2D eigenvalue weighted by atomic mass is 127. The Morgan fingerprint density at radius 1 is 1.54 bits per heavy atom. The summed E-state index contributed by atoms with van der Waals surface area (Å²) in [5, 5.41) is 0.799. The number of alkyl halides is 1. The fraction of sp³-hybridized carbons (Fsp3) is 0.125. The van der Waals surface area contributed by atoms with Crippen molar-refractivity contribution in [3.05, 3.63) is 21.3 Å². The second kappa shape index (κ2) is 3.45. The highest BCUT2D eigenvalue weighted by Gasteiger charge is 2.07. The normalized spacial score (nSPS) is 10.9. The van der Waals surface area contributed by atoms with Crippen molar-refractivity contribution in [2.24, 2.45) is 0 Å². The van der Waals surface area contributed by atoms with Crippen LogP contribution in [0.4, 0.5) is 5.95 Å². The summed E-state index contributed by atoms with van der Waals surface area (Å²) in [5.74, 6) is 0.471. The third kappa shape index (κ3) is 1.54. The molecule has 0 spiro atoms. The molecule has 0 bridgehead atoms. The summed E-state index contributed by atoms with van der Waals surface area (Å²) in [7, 11) is 0. The second-order valence-corrected chi connectivity index (χ2v) is 4.40. The Balaban J connectivity index is 2.82. The molecule has 2 rings (SSSR count). The SMILES string of the molecule is Nc1nc2c(CBr)c(I)ccc2[nH]1. The van der Waals surface area contributed by atoms with Gasteiger partial charge < -0.3 is 10.7 Å². The van der Waals surface area contributed by atoms with Crippen LogP contribution in [0.5, 0.6) is 0 Å². The number of nitrogen functional groups attached to an aromatic ring is 1. The molecule has 2 aromatic rings. The fourth-order valence-corrected chi connectivity index (χ4v) is 2.97. The molecule has 0 saturated carbocycles. The van der Waals surface area contributed by atoms with Gasteiger partial charge in [-0.05, 0) is 34.7 Å². The third-order valence-electron chi connectivity index (χ3n) is 1.85. The highest BCUT2D eigenvalue weighted by Crippen LogP contribution is 2.24. The smallest absolute Gasteiger partial charge is 0.198 e. The predicted molar refractivity (Wildman–Crippen MR) is 65.9 cm³/mol. The van der Waals surface area contributed by atoms with Gasteiger partial charge in [-0.1, -0.05) is 15.9 Å². The Morgan fingerprint density at radius 2 is 2.31 bits per heavy atom. The molecular formula is C8H7BrIN3. The maximum absolute atomic E-state index is 5.58. The summed E-state index contributed by atoms with van der Waals surface area (Å²) < 4.78 is 1.20. The van der Waals surface area contributed by atoms with Crippen LogP contribution in [-0.2, 0) is 5.33 Å². The first kappa shape index (κ1) is 9.26. The Kier molecular flexibility index (Phi) is 2.46. The molecule has 0 radical (unpaired) electrons. The van der Waals surface area contributed by atoms with Gasteiger partial charge in [-0.15, -0.1) is 0 Å². The van der Waals surface area contributed by atoms with Crippen molar-refractivity contribution >= 4 is 55.5 Å². The number of fused-ring (bicyclic) bond motifs is 1. The van der Waals surface area contributed by atoms with Gasteiger partial charge in [0, 0.05) is 14.5 Å². The monoisotopic (exact) mass is 351 g/mol. The maximum Gasteiger partial charge on any atom is 0.198 e. The van der Waals surface area contributed by atoms with Crippen molar-refractivity contribution in [2.75, 3.05) is 5.73 Å². The Bertz CT molecular complexity index is 452. The van der Waals surface area contributed by atoms with Gasteiger partial charge in [0.25, 0.3) is 0 Å². The van der Waals surface area contributed by atoms with Crippen molar-refractivity contribution in [3.63, 3.8) is 0 Å². The number of hydrogen-bond acceptors (Lipinski definition) is 2. The number of aromatic nitrogens is 2. The largest absolute Gasteiger partial charge is 0.369 e. The predicted octanol–water partition coefficient (Wildman–Crippen LogP) is 2.64. The van der Waals surface area contributed by atoms with Crippen LogP contribution in [0, 0.1) is 3.57 Å². The molecule has 68 valence electrons. The van der Waals surface area contributed by atoms with E-state index in [4.69, 9.17) is 5.73 Å². The average Bonchev–Trinajstić information content (AvgIpc) is 2.45. The Hall–Kier alpha value is -0.300. The summed E-state index contributed by atoms with van der Waals surface area (Å²) in [5.41, 5.74) is 8.72. The number of anilines is 1. The summed E-state index contributed by atoms with van der Waals surface area (Å²) in [6, 6.07) is 4.05. The van der Waals surface area contributed by atoms with Crippen LogP contribution >= 0.6 is 38.5 Å². The van der Waals surface area contributed by atoms with E-state index in [-0.39, 0.29) is 0 Å². The maximum atomic E-state index is 5.58. The highest BCUT2D eigenvalue weighted by molar-refractivity contribution is 14.1. The lowest BCUT2D eigenvalue weighted by Gasteiger charge is -1.99. The first-order valence-corrected chi connectivity index (χ1v) is 5.91. The number of nitrogens with zero attached hydrogens (tertiary/aromatic N) is 1. The third-order valence-corrected chi connectivity index (χ3v) is 3.43. The molecule has 0 saturated heterocycles. The molecule has 0 amide bonds. The van der Waals surface area contributed by atoms with Crippen molar-refractivity contribution in [2.45, 2.75) is 5.33 Å². The number of imidazole rings is 1. The van der Waals surface area contributed by atoms with Crippen molar-refractivity contribution in [3.8, 4) is 0 Å². The number of aromatic amines is 1. The van der Waals surface area contributed by atoms with E-state index in [9.17, 15) is 0 Å². The lowest BCUT2D eigenvalue weighted by Crippen LogP contribution is -1.87. The standard InChI is InChI=1S/C8H7BrIN3/c9-3-4-5(10)1-2-6-7(4)13-8(11)12-6/h1-2H,3H2,(H3,11,12,13). The molecule has 0 atom stereocenters. The molecule has 5 heteroatoms. The van der Waals surface area contributed by atoms with Crippen molar-refractivity contribution in [1.29, 1.82) is 0 Å². The molecule has 0 unspecified atom stereocenters. The Labute approximate surface area is 97.4 Å². The van der Waals surface area contributed by atoms with Crippen LogP contribution in [0.2, 0.25) is 0 Å². The van der Waals surface area contributed by atoms with Crippen LogP contribution in [0.25, 0.3) is 11.0 Å². The molecule has 0 aliphatic heterocycles. The van der Waals surface area contributed by atoms with Crippen LogP contribution in [0.15, 0.2) is 12.1 Å². The molecule has 3 nitrogen and oxygen atoms in total. The number of hydrogen-bond donors (Lipinski definition) is 2. The summed E-state index contributed by atoms with van der Waals surface area (Å²) in [6.07, 6.45) is 0. The van der Waals surface area contributed by atoms with Gasteiger partial charge in [0.1, 0.15) is 0 Å². The van der Waals surface area contributed by atoms with E-state index in [2.05, 4.69) is 54.6 Å². The zero-order chi connectivity index (χ0) is 9.42. The first-order chi connectivity index (χ1) is 6.22. The van der Waals surface area contributed by atoms with Gasteiger partial charge >= 0.3 is 0 Å².